The van der Waals surface area contributed by atoms with E-state index in [1.54, 1.807) is 11.8 Å². The van der Waals surface area contributed by atoms with E-state index < -0.39 is 5.60 Å². The van der Waals surface area contributed by atoms with Gasteiger partial charge < -0.3 is 14.7 Å². The molecular formula is C24H31NO2S. The summed E-state index contributed by atoms with van der Waals surface area (Å²) in [5.41, 5.74) is 3.27. The Morgan fingerprint density at radius 1 is 1.07 bits per heavy atom. The molecule has 0 saturated carbocycles. The van der Waals surface area contributed by atoms with E-state index in [0.717, 1.165) is 44.6 Å². The summed E-state index contributed by atoms with van der Waals surface area (Å²) in [6.45, 7) is 6.64. The van der Waals surface area contributed by atoms with Crippen LogP contribution in [0.15, 0.2) is 47.4 Å². The number of rotatable bonds is 5. The van der Waals surface area contributed by atoms with Crippen molar-refractivity contribution in [1.82, 2.24) is 4.90 Å². The minimum absolute atomic E-state index is 0.299. The fraction of sp³-hybridized carbons (Fsp3) is 0.500. The van der Waals surface area contributed by atoms with Crippen LogP contribution in [0.4, 0.5) is 0 Å². The lowest BCUT2D eigenvalue weighted by atomic mass is 9.88. The fourth-order valence-electron chi connectivity index (χ4n) is 4.53. The van der Waals surface area contributed by atoms with Crippen molar-refractivity contribution in [3.63, 3.8) is 0 Å². The molecule has 0 unspecified atom stereocenters. The topological polar surface area (TPSA) is 32.7 Å². The SMILES string of the molecule is CSc1ccc(-c2ccc3c(c2)C[C@H](C2CCN(CC(C)(C)O)CC2)O3)cc1. The van der Waals surface area contributed by atoms with Crippen molar-refractivity contribution in [3.05, 3.63) is 48.0 Å². The molecule has 1 saturated heterocycles. The maximum absolute atomic E-state index is 10.0. The van der Waals surface area contributed by atoms with Gasteiger partial charge >= 0.3 is 0 Å². The number of likely N-dealkylation sites (tertiary alicyclic amines) is 1. The Kier molecular flexibility index (Phi) is 5.73. The lowest BCUT2D eigenvalue weighted by molar-refractivity contribution is 0.0143. The molecule has 0 radical (unpaired) electrons. The van der Waals surface area contributed by atoms with E-state index >= 15 is 0 Å². The zero-order chi connectivity index (χ0) is 19.7. The molecule has 2 aliphatic heterocycles. The molecule has 4 rings (SSSR count). The van der Waals surface area contributed by atoms with E-state index in [1.807, 2.05) is 13.8 Å². The number of thioether (sulfide) groups is 1. The quantitative estimate of drug-likeness (QED) is 0.730. The van der Waals surface area contributed by atoms with Crippen LogP contribution in [0, 0.1) is 5.92 Å². The first-order valence-electron chi connectivity index (χ1n) is 10.3. The van der Waals surface area contributed by atoms with Crippen LogP contribution in [-0.2, 0) is 6.42 Å². The molecule has 2 aromatic rings. The summed E-state index contributed by atoms with van der Waals surface area (Å²) in [7, 11) is 0. The van der Waals surface area contributed by atoms with Crippen molar-refractivity contribution < 1.29 is 9.84 Å². The van der Waals surface area contributed by atoms with Crippen LogP contribution in [0.2, 0.25) is 0 Å². The molecule has 2 aromatic carbocycles. The van der Waals surface area contributed by atoms with Gasteiger partial charge in [-0.15, -0.1) is 11.8 Å². The van der Waals surface area contributed by atoms with E-state index in [4.69, 9.17) is 4.74 Å². The summed E-state index contributed by atoms with van der Waals surface area (Å²) in [5, 5.41) is 10.0. The average Bonchev–Trinajstić information content (AvgIpc) is 3.10. The molecule has 4 heteroatoms. The summed E-state index contributed by atoms with van der Waals surface area (Å²) in [5.74, 6) is 1.67. The second kappa shape index (κ2) is 8.10. The van der Waals surface area contributed by atoms with E-state index in [9.17, 15) is 5.11 Å². The summed E-state index contributed by atoms with van der Waals surface area (Å²) in [6, 6.07) is 15.4. The van der Waals surface area contributed by atoms with Gasteiger partial charge in [0.15, 0.2) is 0 Å². The van der Waals surface area contributed by atoms with E-state index in [-0.39, 0.29) is 0 Å². The third kappa shape index (κ3) is 4.56. The highest BCUT2D eigenvalue weighted by Gasteiger charge is 2.33. The first kappa shape index (κ1) is 19.8. The predicted octanol–water partition coefficient (Wildman–Crippen LogP) is 4.86. The second-order valence-corrected chi connectivity index (χ2v) is 9.72. The lowest BCUT2D eigenvalue weighted by Gasteiger charge is -2.36. The van der Waals surface area contributed by atoms with Crippen LogP contribution in [-0.4, -0.2) is 47.6 Å². The van der Waals surface area contributed by atoms with Crippen LogP contribution in [0.25, 0.3) is 11.1 Å². The van der Waals surface area contributed by atoms with Gasteiger partial charge in [-0.3, -0.25) is 0 Å². The lowest BCUT2D eigenvalue weighted by Crippen LogP contribution is -2.45. The molecule has 1 fully saturated rings. The van der Waals surface area contributed by atoms with Gasteiger partial charge in [-0.1, -0.05) is 18.2 Å². The maximum atomic E-state index is 10.0. The van der Waals surface area contributed by atoms with Crippen LogP contribution < -0.4 is 4.74 Å². The molecule has 0 bridgehead atoms. The number of hydrogen-bond donors (Lipinski definition) is 1. The Morgan fingerprint density at radius 3 is 2.39 bits per heavy atom. The second-order valence-electron chi connectivity index (χ2n) is 8.84. The molecule has 3 nitrogen and oxygen atoms in total. The third-order valence-electron chi connectivity index (χ3n) is 5.95. The van der Waals surface area contributed by atoms with Gasteiger partial charge in [0.05, 0.1) is 5.60 Å². The zero-order valence-electron chi connectivity index (χ0n) is 17.1. The van der Waals surface area contributed by atoms with Gasteiger partial charge in [-0.05, 0) is 92.9 Å². The number of fused-ring (bicyclic) bond motifs is 1. The molecule has 2 aliphatic rings. The van der Waals surface area contributed by atoms with Crippen LogP contribution in [0.5, 0.6) is 5.75 Å². The van der Waals surface area contributed by atoms with Gasteiger partial charge in [0.1, 0.15) is 11.9 Å². The summed E-state index contributed by atoms with van der Waals surface area (Å²) < 4.78 is 6.34. The Labute approximate surface area is 173 Å². The van der Waals surface area contributed by atoms with Crippen molar-refractivity contribution in [1.29, 1.82) is 0 Å². The normalized spacial score (nSPS) is 20.8. The predicted molar refractivity (Wildman–Crippen MR) is 117 cm³/mol. The first-order valence-corrected chi connectivity index (χ1v) is 11.5. The van der Waals surface area contributed by atoms with Crippen LogP contribution in [0.3, 0.4) is 0 Å². The van der Waals surface area contributed by atoms with Gasteiger partial charge in [-0.2, -0.15) is 0 Å². The van der Waals surface area contributed by atoms with Crippen molar-refractivity contribution in [2.24, 2.45) is 5.92 Å². The highest BCUT2D eigenvalue weighted by molar-refractivity contribution is 7.98. The largest absolute Gasteiger partial charge is 0.490 e. The molecule has 0 aliphatic carbocycles. The molecular weight excluding hydrogens is 366 g/mol. The number of β-amino-alcohol motifs (C(OH)–C–C–N with tert-alkyl or cyclic N) is 1. The number of aliphatic hydroxyl groups is 1. The average molecular weight is 398 g/mol. The molecule has 0 spiro atoms. The smallest absolute Gasteiger partial charge is 0.123 e. The minimum Gasteiger partial charge on any atom is -0.490 e. The fourth-order valence-corrected chi connectivity index (χ4v) is 4.94. The monoisotopic (exact) mass is 397 g/mol. The Morgan fingerprint density at radius 2 is 1.75 bits per heavy atom. The van der Waals surface area contributed by atoms with Gasteiger partial charge in [-0.25, -0.2) is 0 Å². The molecule has 0 aromatic heterocycles. The number of hydrogen-bond acceptors (Lipinski definition) is 4. The van der Waals surface area contributed by atoms with Crippen molar-refractivity contribution >= 4 is 11.8 Å². The van der Waals surface area contributed by atoms with E-state index in [1.165, 1.54) is 21.6 Å². The summed E-state index contributed by atoms with van der Waals surface area (Å²) in [6.07, 6.45) is 5.72. The molecule has 1 atom stereocenters. The number of nitrogens with zero attached hydrogens (tertiary/aromatic N) is 1. The van der Waals surface area contributed by atoms with Crippen molar-refractivity contribution in [2.75, 3.05) is 25.9 Å². The standard InChI is InChI=1S/C24H31NO2S/c1-24(2,26)16-25-12-10-18(11-13-25)23-15-20-14-19(6-9-22(20)27-23)17-4-7-21(28-3)8-5-17/h4-9,14,18,23,26H,10-13,15-16H2,1-3H3/t23-/m1/s1. The summed E-state index contributed by atoms with van der Waals surface area (Å²) >= 11 is 1.77. The van der Waals surface area contributed by atoms with Crippen molar-refractivity contribution in [3.8, 4) is 16.9 Å². The minimum atomic E-state index is -0.614. The van der Waals surface area contributed by atoms with E-state index in [2.05, 4.69) is 53.6 Å². The number of piperidine rings is 1. The van der Waals surface area contributed by atoms with Gasteiger partial charge in [0.2, 0.25) is 0 Å². The van der Waals surface area contributed by atoms with E-state index in [0.29, 0.717) is 12.0 Å². The zero-order valence-corrected chi connectivity index (χ0v) is 18.0. The van der Waals surface area contributed by atoms with Crippen LogP contribution >= 0.6 is 11.8 Å². The summed E-state index contributed by atoms with van der Waals surface area (Å²) in [4.78, 5) is 3.68. The third-order valence-corrected chi connectivity index (χ3v) is 6.70. The Bertz CT molecular complexity index is 804. The maximum Gasteiger partial charge on any atom is 0.123 e. The first-order chi connectivity index (χ1) is 13.4. The molecule has 2 heterocycles. The number of benzene rings is 2. The Balaban J connectivity index is 1.39. The van der Waals surface area contributed by atoms with Gasteiger partial charge in [0.25, 0.3) is 0 Å². The molecule has 1 N–H and O–H groups in total. The highest BCUT2D eigenvalue weighted by Crippen LogP contribution is 2.37. The van der Waals surface area contributed by atoms with Gasteiger partial charge in [0, 0.05) is 17.9 Å². The number of ether oxygens (including phenoxy) is 1. The molecule has 150 valence electrons. The highest BCUT2D eigenvalue weighted by atomic mass is 32.2. The molecule has 28 heavy (non-hydrogen) atoms. The Hall–Kier alpha value is -1.49. The van der Waals surface area contributed by atoms with Crippen molar-refractivity contribution in [2.45, 2.75) is 49.7 Å². The molecule has 0 amide bonds. The van der Waals surface area contributed by atoms with Crippen LogP contribution in [0.1, 0.15) is 32.3 Å².